The first-order chi connectivity index (χ1) is 10.1. The molecule has 1 amide bonds. The molecule has 0 radical (unpaired) electrons. The summed E-state index contributed by atoms with van der Waals surface area (Å²) in [5.41, 5.74) is 7.78. The lowest BCUT2D eigenvalue weighted by Gasteiger charge is -2.09. The maximum absolute atomic E-state index is 12.5. The van der Waals surface area contributed by atoms with E-state index in [0.29, 0.717) is 16.9 Å². The number of carbonyl (C=O) groups is 1. The minimum atomic E-state index is -0.192. The van der Waals surface area contributed by atoms with Gasteiger partial charge in [-0.25, -0.2) is 4.98 Å². The predicted molar refractivity (Wildman–Crippen MR) is 93.3 cm³/mol. The Morgan fingerprint density at radius 1 is 1.10 bits per heavy atom. The molecule has 1 aromatic heterocycles. The monoisotopic (exact) mass is 389 g/mol. The lowest BCUT2D eigenvalue weighted by molar-refractivity contribution is 0.102. The molecular formula is C16H12IN3O. The van der Waals surface area contributed by atoms with Crippen molar-refractivity contribution in [3.63, 3.8) is 0 Å². The Kier molecular flexibility index (Phi) is 3.74. The van der Waals surface area contributed by atoms with Crippen LogP contribution in [0.5, 0.6) is 0 Å². The summed E-state index contributed by atoms with van der Waals surface area (Å²) in [4.78, 5) is 16.7. The van der Waals surface area contributed by atoms with Gasteiger partial charge >= 0.3 is 0 Å². The van der Waals surface area contributed by atoms with Crippen molar-refractivity contribution in [2.24, 2.45) is 0 Å². The molecule has 0 saturated carbocycles. The van der Waals surface area contributed by atoms with Gasteiger partial charge in [-0.05, 0) is 52.9 Å². The van der Waals surface area contributed by atoms with Crippen LogP contribution in [0.3, 0.4) is 0 Å². The number of pyridine rings is 1. The van der Waals surface area contributed by atoms with Gasteiger partial charge in [-0.1, -0.05) is 24.3 Å². The lowest BCUT2D eigenvalue weighted by atomic mass is 10.1. The molecule has 2 aromatic carbocycles. The minimum Gasteiger partial charge on any atom is -0.384 e. The van der Waals surface area contributed by atoms with Gasteiger partial charge < -0.3 is 11.1 Å². The fourth-order valence-corrected chi connectivity index (χ4v) is 2.69. The van der Waals surface area contributed by atoms with Gasteiger partial charge in [0.25, 0.3) is 5.91 Å². The number of nitrogens with one attached hydrogen (secondary N) is 1. The molecule has 5 heteroatoms. The first kappa shape index (κ1) is 13.8. The van der Waals surface area contributed by atoms with Crippen molar-refractivity contribution in [2.75, 3.05) is 11.1 Å². The summed E-state index contributed by atoms with van der Waals surface area (Å²) in [7, 11) is 0. The summed E-state index contributed by atoms with van der Waals surface area (Å²) in [6, 6.07) is 16.7. The molecule has 0 aliphatic carbocycles. The van der Waals surface area contributed by atoms with Crippen molar-refractivity contribution in [3.05, 3.63) is 63.7 Å². The quantitative estimate of drug-likeness (QED) is 0.658. The van der Waals surface area contributed by atoms with Crippen LogP contribution in [0.1, 0.15) is 10.4 Å². The van der Waals surface area contributed by atoms with Gasteiger partial charge in [-0.3, -0.25) is 4.79 Å². The zero-order valence-electron chi connectivity index (χ0n) is 11.0. The van der Waals surface area contributed by atoms with Crippen LogP contribution in [0, 0.1) is 3.57 Å². The molecule has 0 unspecified atom stereocenters. The average Bonchev–Trinajstić information content (AvgIpc) is 2.46. The molecule has 0 aliphatic heterocycles. The van der Waals surface area contributed by atoms with E-state index in [1.165, 1.54) is 0 Å². The first-order valence-corrected chi connectivity index (χ1v) is 7.43. The minimum absolute atomic E-state index is 0.192. The van der Waals surface area contributed by atoms with Gasteiger partial charge in [-0.2, -0.15) is 0 Å². The van der Waals surface area contributed by atoms with Crippen molar-refractivity contribution in [1.82, 2.24) is 4.98 Å². The Morgan fingerprint density at radius 2 is 1.90 bits per heavy atom. The number of nitrogens with zero attached hydrogens (tertiary/aromatic N) is 1. The van der Waals surface area contributed by atoms with Crippen LogP contribution in [0.4, 0.5) is 11.5 Å². The number of aromatic nitrogens is 1. The number of fused-ring (bicyclic) bond motifs is 1. The number of amides is 1. The predicted octanol–water partition coefficient (Wildman–Crippen LogP) is 3.67. The van der Waals surface area contributed by atoms with Gasteiger partial charge in [0.15, 0.2) is 0 Å². The molecule has 3 aromatic rings. The smallest absolute Gasteiger partial charge is 0.256 e. The Morgan fingerprint density at radius 3 is 2.71 bits per heavy atom. The van der Waals surface area contributed by atoms with Crippen molar-refractivity contribution >= 4 is 50.9 Å². The Hall–Kier alpha value is -2.15. The topological polar surface area (TPSA) is 68.0 Å². The molecular weight excluding hydrogens is 377 g/mol. The van der Waals surface area contributed by atoms with Crippen molar-refractivity contribution in [3.8, 4) is 0 Å². The number of carbonyl (C=O) groups excluding carboxylic acids is 1. The third-order valence-corrected chi connectivity index (χ3v) is 3.73. The second kappa shape index (κ2) is 5.69. The van der Waals surface area contributed by atoms with E-state index in [2.05, 4.69) is 32.9 Å². The van der Waals surface area contributed by atoms with Crippen LogP contribution in [-0.4, -0.2) is 10.9 Å². The van der Waals surface area contributed by atoms with Crippen LogP contribution in [0.15, 0.2) is 54.6 Å². The van der Waals surface area contributed by atoms with Crippen LogP contribution < -0.4 is 11.1 Å². The first-order valence-electron chi connectivity index (χ1n) is 6.36. The second-order valence-corrected chi connectivity index (χ2v) is 5.82. The SMILES string of the molecule is Nc1cc(C(=O)Nc2cccc(I)c2)c2ccccc2n1. The summed E-state index contributed by atoms with van der Waals surface area (Å²) < 4.78 is 1.06. The second-order valence-electron chi connectivity index (χ2n) is 4.58. The Bertz CT molecular complexity index is 833. The highest BCUT2D eigenvalue weighted by Crippen LogP contribution is 2.21. The number of rotatable bonds is 2. The number of para-hydroxylation sites is 1. The van der Waals surface area contributed by atoms with Gasteiger partial charge in [0.05, 0.1) is 11.1 Å². The van der Waals surface area contributed by atoms with Crippen LogP contribution >= 0.6 is 22.6 Å². The van der Waals surface area contributed by atoms with Crippen LogP contribution in [0.25, 0.3) is 10.9 Å². The van der Waals surface area contributed by atoms with Gasteiger partial charge in [0, 0.05) is 14.6 Å². The molecule has 0 spiro atoms. The van der Waals surface area contributed by atoms with Gasteiger partial charge in [-0.15, -0.1) is 0 Å². The fraction of sp³-hybridized carbons (Fsp3) is 0. The molecule has 4 nitrogen and oxygen atoms in total. The average molecular weight is 389 g/mol. The molecule has 0 atom stereocenters. The number of nitrogens with two attached hydrogens (primary N) is 1. The Balaban J connectivity index is 2.02. The number of hydrogen-bond acceptors (Lipinski definition) is 3. The summed E-state index contributed by atoms with van der Waals surface area (Å²) in [5.74, 6) is 0.142. The third kappa shape index (κ3) is 2.97. The zero-order valence-corrected chi connectivity index (χ0v) is 13.2. The van der Waals surface area contributed by atoms with E-state index in [9.17, 15) is 4.79 Å². The van der Waals surface area contributed by atoms with Crippen molar-refractivity contribution < 1.29 is 4.79 Å². The number of anilines is 2. The molecule has 0 saturated heterocycles. The molecule has 0 aliphatic rings. The summed E-state index contributed by atoms with van der Waals surface area (Å²) in [6.45, 7) is 0. The zero-order chi connectivity index (χ0) is 14.8. The normalized spacial score (nSPS) is 10.5. The van der Waals surface area contributed by atoms with E-state index in [0.717, 1.165) is 14.6 Å². The Labute approximate surface area is 135 Å². The van der Waals surface area contributed by atoms with E-state index in [1.807, 2.05) is 48.5 Å². The highest BCUT2D eigenvalue weighted by Gasteiger charge is 2.12. The standard InChI is InChI=1S/C16H12IN3O/c17-10-4-3-5-11(8-10)19-16(21)13-9-15(18)20-14-7-2-1-6-12(13)14/h1-9H,(H2,18,20)(H,19,21). The molecule has 1 heterocycles. The van der Waals surface area contributed by atoms with Gasteiger partial charge in [0.1, 0.15) is 5.82 Å². The maximum Gasteiger partial charge on any atom is 0.256 e. The highest BCUT2D eigenvalue weighted by atomic mass is 127. The molecule has 104 valence electrons. The molecule has 21 heavy (non-hydrogen) atoms. The third-order valence-electron chi connectivity index (χ3n) is 3.06. The molecule has 3 rings (SSSR count). The van der Waals surface area contributed by atoms with Crippen molar-refractivity contribution in [1.29, 1.82) is 0 Å². The lowest BCUT2D eigenvalue weighted by Crippen LogP contribution is -2.13. The molecule has 0 bridgehead atoms. The number of halogens is 1. The van der Waals surface area contributed by atoms with E-state index in [1.54, 1.807) is 6.07 Å². The molecule has 0 fully saturated rings. The van der Waals surface area contributed by atoms with Gasteiger partial charge in [0.2, 0.25) is 0 Å². The number of nitrogen functional groups attached to an aromatic ring is 1. The summed E-state index contributed by atoms with van der Waals surface area (Å²) in [6.07, 6.45) is 0. The van der Waals surface area contributed by atoms with Crippen molar-refractivity contribution in [2.45, 2.75) is 0 Å². The van der Waals surface area contributed by atoms with Crippen LogP contribution in [0.2, 0.25) is 0 Å². The maximum atomic E-state index is 12.5. The molecule has 3 N–H and O–H groups in total. The van der Waals surface area contributed by atoms with Crippen LogP contribution in [-0.2, 0) is 0 Å². The van der Waals surface area contributed by atoms with E-state index in [-0.39, 0.29) is 5.91 Å². The number of hydrogen-bond donors (Lipinski definition) is 2. The summed E-state index contributed by atoms with van der Waals surface area (Å²) >= 11 is 2.21. The van der Waals surface area contributed by atoms with E-state index >= 15 is 0 Å². The highest BCUT2D eigenvalue weighted by molar-refractivity contribution is 14.1. The number of benzene rings is 2. The van der Waals surface area contributed by atoms with E-state index < -0.39 is 0 Å². The fourth-order valence-electron chi connectivity index (χ4n) is 2.15. The van der Waals surface area contributed by atoms with E-state index in [4.69, 9.17) is 5.73 Å². The largest absolute Gasteiger partial charge is 0.384 e. The summed E-state index contributed by atoms with van der Waals surface area (Å²) in [5, 5.41) is 3.68.